The normalized spacial score (nSPS) is 17.3. The van der Waals surface area contributed by atoms with E-state index in [-0.39, 0.29) is 5.57 Å². The second-order valence-electron chi connectivity index (χ2n) is 5.29. The van der Waals surface area contributed by atoms with E-state index in [0.717, 1.165) is 5.56 Å². The van der Waals surface area contributed by atoms with Crippen LogP contribution in [0.25, 0.3) is 0 Å². The lowest BCUT2D eigenvalue weighted by atomic mass is 9.95. The number of carboxylic acid groups (broad SMARTS) is 1. The van der Waals surface area contributed by atoms with Crippen molar-refractivity contribution in [1.82, 2.24) is 10.3 Å². The highest BCUT2D eigenvalue weighted by atomic mass is 35.5. The van der Waals surface area contributed by atoms with Crippen LogP contribution in [0.2, 0.25) is 10.0 Å². The van der Waals surface area contributed by atoms with Crippen molar-refractivity contribution in [2.45, 2.75) is 13.0 Å². The van der Waals surface area contributed by atoms with E-state index in [0.29, 0.717) is 27.1 Å². The molecule has 1 aliphatic heterocycles. The van der Waals surface area contributed by atoms with E-state index in [9.17, 15) is 9.90 Å². The molecule has 2 heterocycles. The van der Waals surface area contributed by atoms with Crippen LogP contribution in [0.4, 0.5) is 0 Å². The number of allylic oxidation sites excluding steroid dienone is 1. The van der Waals surface area contributed by atoms with Crippen LogP contribution in [0, 0.1) is 0 Å². The van der Waals surface area contributed by atoms with Crippen LogP contribution in [0.15, 0.2) is 59.0 Å². The Balaban J connectivity index is 2.14. The molecule has 5 nitrogen and oxygen atoms in total. The zero-order valence-electron chi connectivity index (χ0n) is 12.6. The summed E-state index contributed by atoms with van der Waals surface area (Å²) in [6, 6.07) is 7.86. The molecule has 0 spiro atoms. The summed E-state index contributed by atoms with van der Waals surface area (Å²) in [6.45, 7) is 1.70. The number of nitrogens with one attached hydrogen (secondary N) is 1. The maximum atomic E-state index is 11.7. The van der Waals surface area contributed by atoms with E-state index in [1.165, 1.54) is 0 Å². The van der Waals surface area contributed by atoms with E-state index in [1.54, 1.807) is 43.6 Å². The second kappa shape index (κ2) is 6.63. The van der Waals surface area contributed by atoms with Gasteiger partial charge < -0.3 is 10.4 Å². The number of aliphatic carboxylic acids is 1. The third-order valence-corrected chi connectivity index (χ3v) is 4.04. The summed E-state index contributed by atoms with van der Waals surface area (Å²) >= 11 is 12.1. The number of carboxylic acids is 1. The van der Waals surface area contributed by atoms with Gasteiger partial charge in [0.25, 0.3) is 0 Å². The van der Waals surface area contributed by atoms with Crippen LogP contribution < -0.4 is 5.32 Å². The molecule has 2 N–H and O–H groups in total. The first-order valence-electron chi connectivity index (χ1n) is 7.11. The minimum absolute atomic E-state index is 0.154. The largest absolute Gasteiger partial charge is 0.478 e. The first-order valence-corrected chi connectivity index (χ1v) is 7.86. The smallest absolute Gasteiger partial charge is 0.335 e. The summed E-state index contributed by atoms with van der Waals surface area (Å²) in [5, 5.41) is 13.5. The molecule has 0 radical (unpaired) electrons. The third kappa shape index (κ3) is 3.27. The highest BCUT2D eigenvalue weighted by Gasteiger charge is 2.29. The quantitative estimate of drug-likeness (QED) is 0.870. The summed E-state index contributed by atoms with van der Waals surface area (Å²) in [5.74, 6) is -0.498. The Morgan fingerprint density at radius 2 is 1.96 bits per heavy atom. The summed E-state index contributed by atoms with van der Waals surface area (Å²) in [7, 11) is 0. The Kier molecular flexibility index (Phi) is 4.55. The van der Waals surface area contributed by atoms with Crippen LogP contribution in [0.3, 0.4) is 0 Å². The van der Waals surface area contributed by atoms with Gasteiger partial charge in [0.05, 0.1) is 5.57 Å². The summed E-state index contributed by atoms with van der Waals surface area (Å²) in [6.07, 6.45) is 3.32. The number of benzene rings is 1. The lowest BCUT2D eigenvalue weighted by Gasteiger charge is -2.25. The van der Waals surface area contributed by atoms with Crippen LogP contribution >= 0.6 is 23.2 Å². The number of aliphatic imine (C=N–C) groups is 1. The second-order valence-corrected chi connectivity index (χ2v) is 6.17. The molecule has 0 saturated carbocycles. The Hall–Kier alpha value is -2.37. The summed E-state index contributed by atoms with van der Waals surface area (Å²) < 4.78 is 0. The van der Waals surface area contributed by atoms with Gasteiger partial charge in [0.15, 0.2) is 0 Å². The highest BCUT2D eigenvalue weighted by molar-refractivity contribution is 6.34. The van der Waals surface area contributed by atoms with E-state index in [1.807, 2.05) is 6.07 Å². The lowest BCUT2D eigenvalue weighted by molar-refractivity contribution is -0.133. The van der Waals surface area contributed by atoms with Gasteiger partial charge in [0, 0.05) is 33.7 Å². The van der Waals surface area contributed by atoms with Gasteiger partial charge in [0.2, 0.25) is 0 Å². The van der Waals surface area contributed by atoms with Crippen LogP contribution in [-0.4, -0.2) is 21.9 Å². The monoisotopic (exact) mass is 361 g/mol. The molecule has 1 aromatic heterocycles. The van der Waals surface area contributed by atoms with Crippen molar-refractivity contribution in [2.24, 2.45) is 4.99 Å². The summed E-state index contributed by atoms with van der Waals surface area (Å²) in [4.78, 5) is 20.4. The number of pyridine rings is 1. The molecule has 0 fully saturated rings. The number of carbonyl (C=O) groups is 1. The van der Waals surface area contributed by atoms with Crippen LogP contribution in [0.5, 0.6) is 0 Å². The minimum atomic E-state index is -1.05. The topological polar surface area (TPSA) is 74.6 Å². The number of halogens is 2. The van der Waals surface area contributed by atoms with Gasteiger partial charge in [-0.2, -0.15) is 0 Å². The molecule has 1 aromatic carbocycles. The Morgan fingerprint density at radius 1 is 1.25 bits per heavy atom. The van der Waals surface area contributed by atoms with Crippen molar-refractivity contribution < 1.29 is 9.90 Å². The van der Waals surface area contributed by atoms with E-state index >= 15 is 0 Å². The molecule has 0 bridgehead atoms. The van der Waals surface area contributed by atoms with Gasteiger partial charge >= 0.3 is 5.97 Å². The first-order chi connectivity index (χ1) is 11.5. The maximum Gasteiger partial charge on any atom is 0.335 e. The van der Waals surface area contributed by atoms with E-state index in [2.05, 4.69) is 15.3 Å². The van der Waals surface area contributed by atoms with Crippen LogP contribution in [0.1, 0.15) is 24.1 Å². The molecular weight excluding hydrogens is 349 g/mol. The van der Waals surface area contributed by atoms with Crippen molar-refractivity contribution in [3.05, 3.63) is 75.2 Å². The lowest BCUT2D eigenvalue weighted by Crippen LogP contribution is -2.32. The average Bonchev–Trinajstić information content (AvgIpc) is 2.53. The van der Waals surface area contributed by atoms with Gasteiger partial charge in [-0.25, -0.2) is 4.79 Å². The molecule has 2 aromatic rings. The van der Waals surface area contributed by atoms with Crippen LogP contribution in [-0.2, 0) is 4.79 Å². The van der Waals surface area contributed by atoms with Crippen molar-refractivity contribution in [3.63, 3.8) is 0 Å². The minimum Gasteiger partial charge on any atom is -0.478 e. The Bertz CT molecular complexity index is 843. The number of hydrogen-bond acceptors (Lipinski definition) is 4. The summed E-state index contributed by atoms with van der Waals surface area (Å²) in [5.41, 5.74) is 2.05. The Morgan fingerprint density at radius 3 is 2.54 bits per heavy atom. The molecule has 7 heteroatoms. The fourth-order valence-electron chi connectivity index (χ4n) is 2.58. The van der Waals surface area contributed by atoms with Gasteiger partial charge in [-0.1, -0.05) is 23.2 Å². The molecule has 0 saturated heterocycles. The number of amidine groups is 1. The number of aromatic nitrogens is 1. The fourth-order valence-corrected chi connectivity index (χ4v) is 3.12. The molecule has 0 aliphatic carbocycles. The molecule has 1 aliphatic rings. The number of nitrogens with zero attached hydrogens (tertiary/aromatic N) is 2. The van der Waals surface area contributed by atoms with E-state index < -0.39 is 12.0 Å². The predicted molar refractivity (Wildman–Crippen MR) is 93.4 cm³/mol. The Labute approximate surface area is 148 Å². The first kappa shape index (κ1) is 16.5. The SMILES string of the molecule is CC1=C(C(=O)O)C(c2cc(Cl)cc(Cl)c2)N=C(c2cccnc2)N1. The standard InChI is InChI=1S/C17H13Cl2N3O2/c1-9-14(17(23)24)15(11-5-12(18)7-13(19)6-11)22-16(21-9)10-3-2-4-20-8-10/h2-8,15H,1H3,(H,21,22)(H,23,24). The molecular formula is C17H13Cl2N3O2. The maximum absolute atomic E-state index is 11.7. The molecule has 122 valence electrons. The molecule has 24 heavy (non-hydrogen) atoms. The number of hydrogen-bond donors (Lipinski definition) is 2. The zero-order valence-corrected chi connectivity index (χ0v) is 14.1. The molecule has 0 amide bonds. The van der Waals surface area contributed by atoms with E-state index in [4.69, 9.17) is 23.2 Å². The van der Waals surface area contributed by atoms with Gasteiger partial charge in [-0.3, -0.25) is 9.98 Å². The number of rotatable bonds is 3. The van der Waals surface area contributed by atoms with Crippen molar-refractivity contribution in [1.29, 1.82) is 0 Å². The molecule has 1 atom stereocenters. The van der Waals surface area contributed by atoms with Gasteiger partial charge in [0.1, 0.15) is 11.9 Å². The van der Waals surface area contributed by atoms with Gasteiger partial charge in [-0.15, -0.1) is 0 Å². The van der Waals surface area contributed by atoms with Crippen molar-refractivity contribution >= 4 is 35.0 Å². The zero-order chi connectivity index (χ0) is 17.3. The average molecular weight is 362 g/mol. The highest BCUT2D eigenvalue weighted by Crippen LogP contribution is 2.34. The third-order valence-electron chi connectivity index (χ3n) is 3.61. The molecule has 1 unspecified atom stereocenters. The van der Waals surface area contributed by atoms with Crippen molar-refractivity contribution in [2.75, 3.05) is 0 Å². The van der Waals surface area contributed by atoms with Gasteiger partial charge in [-0.05, 0) is 42.8 Å². The van der Waals surface area contributed by atoms with Crippen molar-refractivity contribution in [3.8, 4) is 0 Å². The fraction of sp³-hybridized carbons (Fsp3) is 0.118. The molecule has 3 rings (SSSR count). The predicted octanol–water partition coefficient (Wildman–Crippen LogP) is 3.84.